The highest BCUT2D eigenvalue weighted by Gasteiger charge is 2.12. The van der Waals surface area contributed by atoms with Crippen molar-refractivity contribution < 1.29 is 0 Å². The Hall–Kier alpha value is -1.41. The summed E-state index contributed by atoms with van der Waals surface area (Å²) in [5.74, 6) is 0.880. The van der Waals surface area contributed by atoms with Crippen molar-refractivity contribution in [3.05, 3.63) is 26.6 Å². The Morgan fingerprint density at radius 3 is 1.95 bits per heavy atom. The van der Waals surface area contributed by atoms with Crippen molar-refractivity contribution in [2.75, 3.05) is 16.8 Å². The lowest BCUT2D eigenvalue weighted by molar-refractivity contribution is 0.865. The Bertz CT molecular complexity index is 601. The quantitative estimate of drug-likeness (QED) is 0.727. The number of rotatable bonds is 3. The summed E-state index contributed by atoms with van der Waals surface area (Å²) in [4.78, 5) is 11.7. The molecule has 0 spiro atoms. The van der Waals surface area contributed by atoms with Gasteiger partial charge in [0.15, 0.2) is 0 Å². The number of nitrogens with zero attached hydrogens (tertiary/aromatic N) is 3. The molecule has 106 valence electrons. The highest BCUT2D eigenvalue weighted by Crippen LogP contribution is 2.36. The SMILES string of the molecule is CC(C)c1cc(Br)c(Nc2nc(N)nc(N)n2)c(Br)c1. The van der Waals surface area contributed by atoms with E-state index in [0.717, 1.165) is 14.6 Å². The predicted octanol–water partition coefficient (Wildman–Crippen LogP) is 3.43. The van der Waals surface area contributed by atoms with Gasteiger partial charge in [-0.1, -0.05) is 13.8 Å². The molecule has 2 rings (SSSR count). The van der Waals surface area contributed by atoms with E-state index in [1.54, 1.807) is 0 Å². The van der Waals surface area contributed by atoms with Crippen molar-refractivity contribution in [2.24, 2.45) is 0 Å². The third kappa shape index (κ3) is 3.37. The molecule has 0 saturated carbocycles. The van der Waals surface area contributed by atoms with Crippen molar-refractivity contribution in [1.82, 2.24) is 15.0 Å². The van der Waals surface area contributed by atoms with Gasteiger partial charge < -0.3 is 16.8 Å². The molecule has 1 aromatic carbocycles. The first-order chi connectivity index (χ1) is 9.36. The predicted molar refractivity (Wildman–Crippen MR) is 87.9 cm³/mol. The molecule has 0 atom stereocenters. The fourth-order valence-electron chi connectivity index (χ4n) is 1.62. The second-order valence-electron chi connectivity index (χ2n) is 4.51. The third-order valence-electron chi connectivity index (χ3n) is 2.64. The smallest absolute Gasteiger partial charge is 0.233 e. The molecule has 1 aromatic heterocycles. The van der Waals surface area contributed by atoms with Crippen molar-refractivity contribution in [1.29, 1.82) is 0 Å². The molecule has 0 aliphatic rings. The van der Waals surface area contributed by atoms with Crippen LogP contribution in [0.15, 0.2) is 21.1 Å². The second kappa shape index (κ2) is 5.92. The van der Waals surface area contributed by atoms with E-state index in [4.69, 9.17) is 11.5 Å². The molecule has 0 unspecified atom stereocenters. The molecule has 0 amide bonds. The monoisotopic (exact) mass is 400 g/mol. The molecule has 6 nitrogen and oxygen atoms in total. The van der Waals surface area contributed by atoms with Crippen LogP contribution in [-0.2, 0) is 0 Å². The lowest BCUT2D eigenvalue weighted by atomic mass is 10.0. The molecular weight excluding hydrogens is 388 g/mol. The molecule has 20 heavy (non-hydrogen) atoms. The Morgan fingerprint density at radius 1 is 1.00 bits per heavy atom. The van der Waals surface area contributed by atoms with E-state index in [2.05, 4.69) is 66.0 Å². The molecule has 0 radical (unpaired) electrons. The Labute approximate surface area is 133 Å². The number of nitrogen functional groups attached to an aromatic ring is 2. The van der Waals surface area contributed by atoms with Crippen LogP contribution in [0.4, 0.5) is 23.5 Å². The molecule has 0 aliphatic heterocycles. The first-order valence-corrected chi connectivity index (χ1v) is 7.48. The average Bonchev–Trinajstić information content (AvgIpc) is 2.32. The van der Waals surface area contributed by atoms with Gasteiger partial charge in [-0.15, -0.1) is 0 Å². The van der Waals surface area contributed by atoms with Crippen LogP contribution in [0, 0.1) is 0 Å². The Balaban J connectivity index is 2.38. The highest BCUT2D eigenvalue weighted by atomic mass is 79.9. The zero-order valence-corrected chi connectivity index (χ0v) is 14.2. The number of nitrogens with one attached hydrogen (secondary N) is 1. The van der Waals surface area contributed by atoms with Crippen LogP contribution < -0.4 is 16.8 Å². The van der Waals surface area contributed by atoms with Gasteiger partial charge in [0.1, 0.15) is 0 Å². The second-order valence-corrected chi connectivity index (χ2v) is 6.22. The fraction of sp³-hybridized carbons (Fsp3) is 0.250. The minimum absolute atomic E-state index is 0.0750. The van der Waals surface area contributed by atoms with E-state index in [1.807, 2.05) is 12.1 Å². The maximum absolute atomic E-state index is 5.55. The van der Waals surface area contributed by atoms with Gasteiger partial charge in [0, 0.05) is 8.95 Å². The average molecular weight is 402 g/mol. The van der Waals surface area contributed by atoms with Gasteiger partial charge in [0.25, 0.3) is 0 Å². The van der Waals surface area contributed by atoms with E-state index in [1.165, 1.54) is 5.56 Å². The highest BCUT2D eigenvalue weighted by molar-refractivity contribution is 9.11. The molecule has 1 heterocycles. The summed E-state index contributed by atoms with van der Waals surface area (Å²) in [6, 6.07) is 4.09. The van der Waals surface area contributed by atoms with Gasteiger partial charge in [-0.05, 0) is 55.5 Å². The van der Waals surface area contributed by atoms with Crippen LogP contribution in [-0.4, -0.2) is 15.0 Å². The van der Waals surface area contributed by atoms with Crippen LogP contribution in [0.3, 0.4) is 0 Å². The molecule has 5 N–H and O–H groups in total. The minimum atomic E-state index is 0.0750. The third-order valence-corrected chi connectivity index (χ3v) is 3.89. The van der Waals surface area contributed by atoms with E-state index >= 15 is 0 Å². The fourth-order valence-corrected chi connectivity index (χ4v) is 3.04. The topological polar surface area (TPSA) is 103 Å². The van der Waals surface area contributed by atoms with Gasteiger partial charge in [0.05, 0.1) is 5.69 Å². The molecule has 8 heteroatoms. The normalized spacial score (nSPS) is 10.8. The zero-order valence-electron chi connectivity index (χ0n) is 11.0. The van der Waals surface area contributed by atoms with Crippen LogP contribution in [0.2, 0.25) is 0 Å². The standard InChI is InChI=1S/C12H14Br2N6/c1-5(2)6-3-7(13)9(8(14)4-6)17-12-19-10(15)18-11(16)20-12/h3-5H,1-2H3,(H5,15,16,17,18,19,20). The summed E-state index contributed by atoms with van der Waals surface area (Å²) < 4.78 is 1.79. The maximum Gasteiger partial charge on any atom is 0.233 e. The van der Waals surface area contributed by atoms with Crippen molar-refractivity contribution in [3.8, 4) is 0 Å². The lowest BCUT2D eigenvalue weighted by Gasteiger charge is -2.13. The number of hydrogen-bond acceptors (Lipinski definition) is 6. The first kappa shape index (κ1) is 15.0. The van der Waals surface area contributed by atoms with Crippen molar-refractivity contribution in [2.45, 2.75) is 19.8 Å². The van der Waals surface area contributed by atoms with Crippen LogP contribution in [0.25, 0.3) is 0 Å². The number of benzene rings is 1. The van der Waals surface area contributed by atoms with Gasteiger partial charge >= 0.3 is 0 Å². The molecule has 0 fully saturated rings. The summed E-state index contributed by atoms with van der Waals surface area (Å²) in [6.45, 7) is 4.27. The summed E-state index contributed by atoms with van der Waals surface area (Å²) in [7, 11) is 0. The largest absolute Gasteiger partial charge is 0.368 e. The van der Waals surface area contributed by atoms with Crippen molar-refractivity contribution >= 4 is 55.4 Å². The zero-order chi connectivity index (χ0) is 14.9. The molecule has 0 bridgehead atoms. The van der Waals surface area contributed by atoms with E-state index in [0.29, 0.717) is 11.9 Å². The maximum atomic E-state index is 5.55. The lowest BCUT2D eigenvalue weighted by Crippen LogP contribution is -2.07. The van der Waals surface area contributed by atoms with Gasteiger partial charge in [-0.25, -0.2) is 0 Å². The van der Waals surface area contributed by atoms with E-state index in [-0.39, 0.29) is 11.9 Å². The molecule has 0 aliphatic carbocycles. The van der Waals surface area contributed by atoms with Crippen molar-refractivity contribution in [3.63, 3.8) is 0 Å². The van der Waals surface area contributed by atoms with Gasteiger partial charge in [0.2, 0.25) is 17.8 Å². The molecule has 0 saturated heterocycles. The summed E-state index contributed by atoms with van der Waals surface area (Å²) in [6.07, 6.45) is 0. The van der Waals surface area contributed by atoms with Crippen LogP contribution in [0.1, 0.15) is 25.3 Å². The van der Waals surface area contributed by atoms with Crippen LogP contribution in [0.5, 0.6) is 0 Å². The van der Waals surface area contributed by atoms with Gasteiger partial charge in [-0.2, -0.15) is 15.0 Å². The van der Waals surface area contributed by atoms with Gasteiger partial charge in [-0.3, -0.25) is 0 Å². The first-order valence-electron chi connectivity index (χ1n) is 5.90. The summed E-state index contributed by atoms with van der Waals surface area (Å²) >= 11 is 7.07. The Morgan fingerprint density at radius 2 is 1.50 bits per heavy atom. The van der Waals surface area contributed by atoms with E-state index in [9.17, 15) is 0 Å². The van der Waals surface area contributed by atoms with Crippen LogP contribution >= 0.6 is 31.9 Å². The summed E-state index contributed by atoms with van der Waals surface area (Å²) in [5.41, 5.74) is 13.1. The number of halogens is 2. The summed E-state index contributed by atoms with van der Waals surface area (Å²) in [5, 5.41) is 3.07. The number of anilines is 4. The number of hydrogen-bond donors (Lipinski definition) is 3. The Kier molecular flexibility index (Phi) is 4.44. The minimum Gasteiger partial charge on any atom is -0.368 e. The van der Waals surface area contributed by atoms with E-state index < -0.39 is 0 Å². The number of nitrogens with two attached hydrogens (primary N) is 2. The molecule has 2 aromatic rings. The number of aromatic nitrogens is 3. The molecular formula is C12H14Br2N6.